The molecule has 1 fully saturated rings. The lowest BCUT2D eigenvalue weighted by Crippen LogP contribution is -2.47. The number of benzene rings is 1. The van der Waals surface area contributed by atoms with Crippen molar-refractivity contribution in [1.29, 1.82) is 5.41 Å². The van der Waals surface area contributed by atoms with Gasteiger partial charge < -0.3 is 36.0 Å². The summed E-state index contributed by atoms with van der Waals surface area (Å²) in [5.41, 5.74) is 5.91. The molecule has 1 aliphatic heterocycles. The van der Waals surface area contributed by atoms with Crippen LogP contribution in [0.1, 0.15) is 34.5 Å². The molecule has 1 amide bonds. The van der Waals surface area contributed by atoms with Gasteiger partial charge >= 0.3 is 30.1 Å². The Bertz CT molecular complexity index is 1290. The minimum atomic E-state index is -5.08. The van der Waals surface area contributed by atoms with E-state index in [0.29, 0.717) is 47.3 Å². The number of amidine groups is 1. The van der Waals surface area contributed by atoms with Gasteiger partial charge in [-0.1, -0.05) is 11.3 Å². The number of alkyl halides is 3. The van der Waals surface area contributed by atoms with Crippen molar-refractivity contribution in [2.75, 3.05) is 18.0 Å². The SMILES string of the molecule is N=C(N)c1ccc(OC(=O)c2cnc(N3CCC(C(=O)N[C@@H](CC(=O)O)C(=O)O)CC3)s2)cc1.O=C(O)C(F)(F)F. The number of nitrogens with two attached hydrogens (primary N) is 1. The summed E-state index contributed by atoms with van der Waals surface area (Å²) in [5.74, 6) is -6.77. The Labute approximate surface area is 233 Å². The van der Waals surface area contributed by atoms with Gasteiger partial charge in [-0.15, -0.1) is 0 Å². The number of amides is 1. The van der Waals surface area contributed by atoms with Crippen molar-refractivity contribution < 1.29 is 57.2 Å². The number of thiazole rings is 1. The van der Waals surface area contributed by atoms with Gasteiger partial charge in [0.15, 0.2) is 5.13 Å². The van der Waals surface area contributed by atoms with Crippen LogP contribution in [0.15, 0.2) is 30.5 Å². The van der Waals surface area contributed by atoms with Gasteiger partial charge in [-0.05, 0) is 37.1 Å². The number of rotatable bonds is 9. The number of carboxylic acid groups (broad SMARTS) is 3. The van der Waals surface area contributed by atoms with Crippen LogP contribution in [-0.2, 0) is 19.2 Å². The molecule has 1 atom stereocenters. The number of ether oxygens (including phenoxy) is 1. The number of carbonyl (C=O) groups is 5. The van der Waals surface area contributed by atoms with Crippen LogP contribution in [0.25, 0.3) is 0 Å². The first kappa shape index (κ1) is 32.5. The quantitative estimate of drug-likeness (QED) is 0.104. The minimum absolute atomic E-state index is 0.0896. The van der Waals surface area contributed by atoms with Crippen LogP contribution >= 0.6 is 11.3 Å². The van der Waals surface area contributed by atoms with Crippen LogP contribution in [0.2, 0.25) is 0 Å². The van der Waals surface area contributed by atoms with Crippen LogP contribution in [0, 0.1) is 11.3 Å². The zero-order valence-electron chi connectivity index (χ0n) is 20.9. The van der Waals surface area contributed by atoms with Crippen molar-refractivity contribution in [1.82, 2.24) is 10.3 Å². The number of aliphatic carboxylic acids is 3. The summed E-state index contributed by atoms with van der Waals surface area (Å²) in [4.78, 5) is 62.1. The number of nitrogen functional groups attached to an aromatic ring is 1. The van der Waals surface area contributed by atoms with E-state index in [4.69, 9.17) is 36.0 Å². The maximum absolute atomic E-state index is 12.4. The average Bonchev–Trinajstić information content (AvgIpc) is 3.39. The number of carbonyl (C=O) groups excluding carboxylic acids is 2. The Morgan fingerprint density at radius 2 is 1.68 bits per heavy atom. The van der Waals surface area contributed by atoms with Crippen LogP contribution in [0.3, 0.4) is 0 Å². The van der Waals surface area contributed by atoms with Crippen LogP contribution in [-0.4, -0.2) is 81.2 Å². The molecule has 0 spiro atoms. The highest BCUT2D eigenvalue weighted by atomic mass is 32.1. The van der Waals surface area contributed by atoms with Gasteiger partial charge in [-0.25, -0.2) is 19.4 Å². The highest BCUT2D eigenvalue weighted by molar-refractivity contribution is 7.17. The van der Waals surface area contributed by atoms with Crippen molar-refractivity contribution >= 4 is 52.1 Å². The van der Waals surface area contributed by atoms with E-state index < -0.39 is 54.3 Å². The Hall–Kier alpha value is -4.74. The predicted molar refractivity (Wildman–Crippen MR) is 135 cm³/mol. The molecule has 0 aliphatic carbocycles. The third kappa shape index (κ3) is 10.1. The number of halogens is 3. The Kier molecular flexibility index (Phi) is 11.1. The lowest BCUT2D eigenvalue weighted by Gasteiger charge is -2.31. The normalized spacial score (nSPS) is 14.2. The van der Waals surface area contributed by atoms with Crippen LogP contribution in [0.4, 0.5) is 18.3 Å². The minimum Gasteiger partial charge on any atom is -0.481 e. The fraction of sp³-hybridized carbons (Fsp3) is 0.348. The lowest BCUT2D eigenvalue weighted by molar-refractivity contribution is -0.192. The highest BCUT2D eigenvalue weighted by Gasteiger charge is 2.38. The number of esters is 1. The summed E-state index contributed by atoms with van der Waals surface area (Å²) in [6.07, 6.45) is -3.52. The molecule has 2 aromatic rings. The number of piperidine rings is 1. The number of hydrogen-bond donors (Lipinski definition) is 6. The van der Waals surface area contributed by atoms with Crippen molar-refractivity contribution in [3.05, 3.63) is 40.9 Å². The summed E-state index contributed by atoms with van der Waals surface area (Å²) in [5, 5.41) is 35.3. The van der Waals surface area contributed by atoms with Crippen LogP contribution in [0.5, 0.6) is 5.75 Å². The average molecular weight is 604 g/mol. The second-order valence-electron chi connectivity index (χ2n) is 8.40. The summed E-state index contributed by atoms with van der Waals surface area (Å²) in [6.45, 7) is 0.923. The fourth-order valence-electron chi connectivity index (χ4n) is 3.36. The lowest BCUT2D eigenvalue weighted by atomic mass is 9.95. The number of hydrogen-bond acceptors (Lipinski definition) is 10. The summed E-state index contributed by atoms with van der Waals surface area (Å²) >= 11 is 1.15. The molecule has 1 aromatic carbocycles. The smallest absolute Gasteiger partial charge is 0.481 e. The van der Waals surface area contributed by atoms with E-state index in [1.807, 2.05) is 4.90 Å². The first-order valence-corrected chi connectivity index (χ1v) is 12.3. The Balaban J connectivity index is 0.000000745. The standard InChI is InChI=1S/C21H23N5O7S.C2HF3O2/c22-17(23)11-1-3-13(4-2-11)33-20(32)15-10-24-21(34-15)26-7-5-12(6-8-26)18(29)25-14(19(30)31)9-16(27)28;3-2(4,5)1(6)7/h1-4,10,12,14H,5-9H2,(H3,22,23)(H,25,29)(H,27,28)(H,30,31);(H,6,7)/t14-;/m0./s1. The second kappa shape index (κ2) is 14.1. The molecule has 7 N–H and O–H groups in total. The van der Waals surface area contributed by atoms with Gasteiger partial charge in [0, 0.05) is 24.6 Å². The number of nitrogens with zero attached hydrogens (tertiary/aromatic N) is 2. The van der Waals surface area contributed by atoms with E-state index in [0.717, 1.165) is 11.3 Å². The Morgan fingerprint density at radius 3 is 2.15 bits per heavy atom. The maximum Gasteiger partial charge on any atom is 0.490 e. The molecule has 14 nitrogen and oxygen atoms in total. The number of anilines is 1. The van der Waals surface area contributed by atoms with E-state index in [-0.39, 0.29) is 5.84 Å². The van der Waals surface area contributed by atoms with Gasteiger partial charge in [0.25, 0.3) is 0 Å². The molecule has 1 saturated heterocycles. The molecule has 41 heavy (non-hydrogen) atoms. The first-order valence-electron chi connectivity index (χ1n) is 11.5. The molecule has 0 radical (unpaired) electrons. The zero-order chi connectivity index (χ0) is 30.9. The van der Waals surface area contributed by atoms with Crippen molar-refractivity contribution in [3.63, 3.8) is 0 Å². The second-order valence-corrected chi connectivity index (χ2v) is 9.41. The third-order valence-corrected chi connectivity index (χ3v) is 6.48. The molecule has 0 unspecified atom stereocenters. The third-order valence-electron chi connectivity index (χ3n) is 5.44. The van der Waals surface area contributed by atoms with E-state index in [2.05, 4.69) is 10.3 Å². The maximum atomic E-state index is 12.4. The van der Waals surface area contributed by atoms with Gasteiger partial charge in [-0.2, -0.15) is 13.2 Å². The Morgan fingerprint density at radius 1 is 1.12 bits per heavy atom. The first-order chi connectivity index (χ1) is 19.1. The molecule has 2 heterocycles. The number of carboxylic acids is 3. The van der Waals surface area contributed by atoms with Crippen molar-refractivity contribution in [3.8, 4) is 5.75 Å². The predicted octanol–water partition coefficient (Wildman–Crippen LogP) is 1.54. The van der Waals surface area contributed by atoms with Gasteiger partial charge in [0.05, 0.1) is 12.6 Å². The summed E-state index contributed by atoms with van der Waals surface area (Å²) in [6, 6.07) is 4.75. The van der Waals surface area contributed by atoms with E-state index in [1.165, 1.54) is 18.3 Å². The fourth-order valence-corrected chi connectivity index (χ4v) is 4.21. The molecule has 222 valence electrons. The highest BCUT2D eigenvalue weighted by Crippen LogP contribution is 2.28. The van der Waals surface area contributed by atoms with Gasteiger partial charge in [0.2, 0.25) is 5.91 Å². The van der Waals surface area contributed by atoms with Crippen molar-refractivity contribution in [2.45, 2.75) is 31.5 Å². The number of aromatic nitrogens is 1. The van der Waals surface area contributed by atoms with E-state index >= 15 is 0 Å². The summed E-state index contributed by atoms with van der Waals surface area (Å²) in [7, 11) is 0. The molecule has 0 bridgehead atoms. The molecule has 1 aromatic heterocycles. The topological polar surface area (TPSA) is 233 Å². The molecule has 1 aliphatic rings. The zero-order valence-corrected chi connectivity index (χ0v) is 21.7. The van der Waals surface area contributed by atoms with E-state index in [9.17, 15) is 32.3 Å². The number of nitrogens with one attached hydrogen (secondary N) is 2. The summed E-state index contributed by atoms with van der Waals surface area (Å²) < 4.78 is 37.1. The van der Waals surface area contributed by atoms with Crippen LogP contribution < -0.4 is 20.7 Å². The van der Waals surface area contributed by atoms with Gasteiger partial charge in [-0.3, -0.25) is 15.0 Å². The largest absolute Gasteiger partial charge is 0.490 e. The molecule has 3 rings (SSSR count). The molecular formula is C23H24F3N5O9S. The van der Waals surface area contributed by atoms with Gasteiger partial charge in [0.1, 0.15) is 22.5 Å². The van der Waals surface area contributed by atoms with Crippen molar-refractivity contribution in [2.24, 2.45) is 11.7 Å². The monoisotopic (exact) mass is 603 g/mol. The molecule has 0 saturated carbocycles. The molecular weight excluding hydrogens is 579 g/mol. The van der Waals surface area contributed by atoms with E-state index in [1.54, 1.807) is 12.1 Å². The molecule has 18 heteroatoms.